The van der Waals surface area contributed by atoms with Gasteiger partial charge >= 0.3 is 0 Å². The van der Waals surface area contributed by atoms with Gasteiger partial charge in [-0.1, -0.05) is 41.9 Å². The molecule has 3 aromatic carbocycles. The number of halogens is 1. The van der Waals surface area contributed by atoms with Crippen molar-refractivity contribution < 1.29 is 17.9 Å². The summed E-state index contributed by atoms with van der Waals surface area (Å²) in [6.45, 7) is 2.49. The fraction of sp³-hybridized carbons (Fsp3) is 0.174. The maximum absolute atomic E-state index is 13.2. The van der Waals surface area contributed by atoms with E-state index >= 15 is 0 Å². The molecule has 3 aromatic rings. The Kier molecular flexibility index (Phi) is 7.55. The molecule has 2 N–H and O–H groups in total. The molecule has 3 rings (SSSR count). The van der Waals surface area contributed by atoms with Crippen LogP contribution in [0.15, 0.2) is 82.6 Å². The molecule has 0 atom stereocenters. The minimum Gasteiger partial charge on any atom is -0.494 e. The van der Waals surface area contributed by atoms with E-state index in [4.69, 9.17) is 16.3 Å². The summed E-state index contributed by atoms with van der Waals surface area (Å²) < 4.78 is 31.8. The lowest BCUT2D eigenvalue weighted by atomic mass is 10.2. The van der Waals surface area contributed by atoms with E-state index in [1.807, 2.05) is 19.1 Å². The molecule has 0 saturated heterocycles. The molecule has 0 aliphatic carbocycles. The lowest BCUT2D eigenvalue weighted by Crippen LogP contribution is -2.29. The van der Waals surface area contributed by atoms with Crippen LogP contribution in [0.1, 0.15) is 12.5 Å². The number of ether oxygens (including phenoxy) is 1. The van der Waals surface area contributed by atoms with Crippen molar-refractivity contribution >= 4 is 33.0 Å². The number of anilines is 1. The summed E-state index contributed by atoms with van der Waals surface area (Å²) in [5, 5.41) is 6.35. The summed E-state index contributed by atoms with van der Waals surface area (Å²) >= 11 is 5.86. The highest BCUT2D eigenvalue weighted by atomic mass is 35.5. The first-order chi connectivity index (χ1) is 14.9. The highest BCUT2D eigenvalue weighted by Crippen LogP contribution is 2.31. The molecule has 8 heteroatoms. The largest absolute Gasteiger partial charge is 0.494 e. The Balaban J connectivity index is 1.75. The second-order valence-corrected chi connectivity index (χ2v) is 9.02. The monoisotopic (exact) mass is 458 g/mol. The highest BCUT2D eigenvalue weighted by molar-refractivity contribution is 7.91. The lowest BCUT2D eigenvalue weighted by Gasteiger charge is -2.15. The number of hydrogen-bond donors (Lipinski definition) is 2. The van der Waals surface area contributed by atoms with Gasteiger partial charge in [0.05, 0.1) is 28.6 Å². The minimum absolute atomic E-state index is 0.0511. The van der Waals surface area contributed by atoms with E-state index in [0.29, 0.717) is 29.6 Å². The molecule has 0 aliphatic rings. The Hall–Kier alpha value is -3.03. The van der Waals surface area contributed by atoms with Crippen molar-refractivity contribution in [2.45, 2.75) is 23.3 Å². The number of carbonyl (C=O) groups excluding carboxylic acids is 1. The Morgan fingerprint density at radius 3 is 2.39 bits per heavy atom. The summed E-state index contributed by atoms with van der Waals surface area (Å²) in [4.78, 5) is 12.5. The molecule has 0 unspecified atom stereocenters. The van der Waals surface area contributed by atoms with E-state index < -0.39 is 9.84 Å². The molecule has 6 nitrogen and oxygen atoms in total. The number of hydrogen-bond acceptors (Lipinski definition) is 5. The van der Waals surface area contributed by atoms with E-state index in [1.54, 1.807) is 42.5 Å². The standard InChI is InChI=1S/C23H23ClN2O4S/c1-2-30-19-12-13-21(22(14-19)31(28,29)20-6-4-3-5-7-20)25-16-23(27)26-15-17-8-10-18(24)11-9-17/h3-14,25H,2,15-16H2,1H3,(H,26,27). The maximum Gasteiger partial charge on any atom is 0.239 e. The van der Waals surface area contributed by atoms with Gasteiger partial charge in [-0.25, -0.2) is 8.42 Å². The zero-order valence-corrected chi connectivity index (χ0v) is 18.5. The molecule has 0 saturated carbocycles. The third kappa shape index (κ3) is 5.99. The zero-order chi connectivity index (χ0) is 22.3. The van der Waals surface area contributed by atoms with Gasteiger partial charge in [0.25, 0.3) is 0 Å². The fourth-order valence-corrected chi connectivity index (χ4v) is 4.49. The van der Waals surface area contributed by atoms with Crippen molar-refractivity contribution in [3.63, 3.8) is 0 Å². The molecule has 0 bridgehead atoms. The summed E-state index contributed by atoms with van der Waals surface area (Å²) in [7, 11) is -3.80. The molecular weight excluding hydrogens is 436 g/mol. The molecule has 0 fully saturated rings. The maximum atomic E-state index is 13.2. The third-order valence-electron chi connectivity index (χ3n) is 4.45. The van der Waals surface area contributed by atoms with Crippen LogP contribution in [-0.2, 0) is 21.2 Å². The Morgan fingerprint density at radius 1 is 1.00 bits per heavy atom. The van der Waals surface area contributed by atoms with Crippen molar-refractivity contribution in [2.24, 2.45) is 0 Å². The molecule has 0 aliphatic heterocycles. The second-order valence-electron chi connectivity index (χ2n) is 6.66. The van der Waals surface area contributed by atoms with E-state index in [1.165, 1.54) is 18.2 Å². The van der Waals surface area contributed by atoms with Gasteiger partial charge in [0.2, 0.25) is 15.7 Å². The van der Waals surface area contributed by atoms with Gasteiger partial charge in [0, 0.05) is 17.6 Å². The summed E-state index contributed by atoms with van der Waals surface area (Å²) in [6.07, 6.45) is 0. The van der Waals surface area contributed by atoms with Crippen LogP contribution in [0.4, 0.5) is 5.69 Å². The van der Waals surface area contributed by atoms with Crippen molar-refractivity contribution in [2.75, 3.05) is 18.5 Å². The van der Waals surface area contributed by atoms with Crippen LogP contribution in [0.25, 0.3) is 0 Å². The number of carbonyl (C=O) groups is 1. The Morgan fingerprint density at radius 2 is 1.71 bits per heavy atom. The Bertz CT molecular complexity index is 1130. The van der Waals surface area contributed by atoms with Gasteiger partial charge in [0.1, 0.15) is 5.75 Å². The number of nitrogens with one attached hydrogen (secondary N) is 2. The Labute approximate surface area is 187 Å². The molecule has 1 amide bonds. The minimum atomic E-state index is -3.80. The van der Waals surface area contributed by atoms with Gasteiger partial charge in [-0.2, -0.15) is 0 Å². The van der Waals surface area contributed by atoms with Crippen molar-refractivity contribution in [1.82, 2.24) is 5.32 Å². The first-order valence-corrected chi connectivity index (χ1v) is 11.6. The molecule has 0 aromatic heterocycles. The van der Waals surface area contributed by atoms with Crippen molar-refractivity contribution in [3.8, 4) is 5.75 Å². The van der Waals surface area contributed by atoms with Gasteiger partial charge in [-0.15, -0.1) is 0 Å². The third-order valence-corrected chi connectivity index (χ3v) is 6.51. The van der Waals surface area contributed by atoms with Crippen LogP contribution in [0.2, 0.25) is 5.02 Å². The van der Waals surface area contributed by atoms with Crippen molar-refractivity contribution in [1.29, 1.82) is 0 Å². The van der Waals surface area contributed by atoms with Gasteiger partial charge in [0.15, 0.2) is 0 Å². The van der Waals surface area contributed by atoms with Gasteiger partial charge in [-0.3, -0.25) is 4.79 Å². The molecule has 0 heterocycles. The average molecular weight is 459 g/mol. The van der Waals surface area contributed by atoms with Crippen molar-refractivity contribution in [3.05, 3.63) is 83.4 Å². The normalized spacial score (nSPS) is 11.0. The number of amides is 1. The van der Waals surface area contributed by atoms with E-state index in [2.05, 4.69) is 10.6 Å². The van der Waals surface area contributed by atoms with E-state index in [-0.39, 0.29) is 22.2 Å². The van der Waals surface area contributed by atoms with E-state index in [9.17, 15) is 13.2 Å². The number of sulfone groups is 1. The van der Waals surface area contributed by atoms with Crippen LogP contribution < -0.4 is 15.4 Å². The molecule has 0 spiro atoms. The predicted octanol–water partition coefficient (Wildman–Crippen LogP) is 4.30. The summed E-state index contributed by atoms with van der Waals surface area (Å²) in [5.41, 5.74) is 1.24. The number of benzene rings is 3. The van der Waals surface area contributed by atoms with Crippen LogP contribution >= 0.6 is 11.6 Å². The highest BCUT2D eigenvalue weighted by Gasteiger charge is 2.22. The quantitative estimate of drug-likeness (QED) is 0.499. The first kappa shape index (κ1) is 22.7. The average Bonchev–Trinajstić information content (AvgIpc) is 2.78. The summed E-state index contributed by atoms with van der Waals surface area (Å²) in [5.74, 6) is 0.168. The SMILES string of the molecule is CCOc1ccc(NCC(=O)NCc2ccc(Cl)cc2)c(S(=O)(=O)c2ccccc2)c1. The zero-order valence-electron chi connectivity index (χ0n) is 17.0. The smallest absolute Gasteiger partial charge is 0.239 e. The van der Waals surface area contributed by atoms with Crippen LogP contribution in [0, 0.1) is 0 Å². The predicted molar refractivity (Wildman–Crippen MR) is 121 cm³/mol. The van der Waals surface area contributed by atoms with Crippen LogP contribution in [0.3, 0.4) is 0 Å². The number of rotatable bonds is 9. The lowest BCUT2D eigenvalue weighted by molar-refractivity contribution is -0.119. The molecule has 162 valence electrons. The second kappa shape index (κ2) is 10.3. The molecule has 31 heavy (non-hydrogen) atoms. The van der Waals surface area contributed by atoms with Crippen LogP contribution in [-0.4, -0.2) is 27.5 Å². The molecule has 0 radical (unpaired) electrons. The fourth-order valence-electron chi connectivity index (χ4n) is 2.90. The van der Waals surface area contributed by atoms with Gasteiger partial charge < -0.3 is 15.4 Å². The van der Waals surface area contributed by atoms with E-state index in [0.717, 1.165) is 5.56 Å². The van der Waals surface area contributed by atoms with Gasteiger partial charge in [-0.05, 0) is 48.9 Å². The summed E-state index contributed by atoms with van der Waals surface area (Å²) in [6, 6.07) is 20.0. The van der Waals surface area contributed by atoms with Crippen LogP contribution in [0.5, 0.6) is 5.75 Å². The topological polar surface area (TPSA) is 84.5 Å². The molecular formula is C23H23ClN2O4S. The first-order valence-electron chi connectivity index (χ1n) is 9.72.